The predicted molar refractivity (Wildman–Crippen MR) is 81.2 cm³/mol. The number of halogens is 1. The quantitative estimate of drug-likeness (QED) is 0.907. The van der Waals surface area contributed by atoms with E-state index in [2.05, 4.69) is 5.32 Å². The summed E-state index contributed by atoms with van der Waals surface area (Å²) in [5, 5.41) is 3.35. The highest BCUT2D eigenvalue weighted by molar-refractivity contribution is 7.89. The highest BCUT2D eigenvalue weighted by Crippen LogP contribution is 2.20. The second-order valence-electron chi connectivity index (χ2n) is 5.51. The topological polar surface area (TPSA) is 49.4 Å². The van der Waals surface area contributed by atoms with Crippen molar-refractivity contribution in [3.63, 3.8) is 0 Å². The fourth-order valence-corrected chi connectivity index (χ4v) is 4.11. The summed E-state index contributed by atoms with van der Waals surface area (Å²) in [6.07, 6.45) is 3.24. The molecule has 4 nitrogen and oxygen atoms in total. The van der Waals surface area contributed by atoms with Gasteiger partial charge < -0.3 is 5.32 Å². The fraction of sp³-hybridized carbons (Fsp3) is 0.600. The molecule has 0 bridgehead atoms. The molecule has 1 aromatic rings. The summed E-state index contributed by atoms with van der Waals surface area (Å²) in [4.78, 5) is 0.0308. The lowest BCUT2D eigenvalue weighted by molar-refractivity contribution is 0.319. The van der Waals surface area contributed by atoms with Crippen LogP contribution in [0.5, 0.6) is 0 Å². The van der Waals surface area contributed by atoms with Crippen molar-refractivity contribution < 1.29 is 12.8 Å². The van der Waals surface area contributed by atoms with Crippen LogP contribution in [0.3, 0.4) is 0 Å². The summed E-state index contributed by atoms with van der Waals surface area (Å²) < 4.78 is 40.3. The van der Waals surface area contributed by atoms with Crippen LogP contribution in [0.15, 0.2) is 23.1 Å². The van der Waals surface area contributed by atoms with Gasteiger partial charge in [0.05, 0.1) is 4.90 Å². The number of nitrogens with one attached hydrogen (secondary N) is 1. The molecule has 1 unspecified atom stereocenters. The maximum absolute atomic E-state index is 13.6. The van der Waals surface area contributed by atoms with Gasteiger partial charge in [0, 0.05) is 19.1 Å². The van der Waals surface area contributed by atoms with E-state index >= 15 is 0 Å². The molecule has 0 aromatic heterocycles. The van der Waals surface area contributed by atoms with Gasteiger partial charge in [-0.05, 0) is 44.0 Å². The average Bonchev–Trinajstić information content (AvgIpc) is 2.48. The predicted octanol–water partition coefficient (Wildman–Crippen LogP) is 2.29. The van der Waals surface area contributed by atoms with Crippen molar-refractivity contribution in [1.29, 1.82) is 0 Å². The monoisotopic (exact) mass is 314 g/mol. The molecule has 118 valence electrons. The van der Waals surface area contributed by atoms with Crippen molar-refractivity contribution in [2.45, 2.75) is 44.0 Å². The molecular formula is C15H23FN2O2S. The van der Waals surface area contributed by atoms with Crippen LogP contribution in [0.25, 0.3) is 0 Å². The van der Waals surface area contributed by atoms with Crippen LogP contribution in [0.4, 0.5) is 4.39 Å². The normalized spacial score (nSPS) is 19.9. The van der Waals surface area contributed by atoms with Crippen molar-refractivity contribution >= 4 is 10.0 Å². The average molecular weight is 314 g/mol. The number of nitrogens with zero attached hydrogens (tertiary/aromatic N) is 1. The van der Waals surface area contributed by atoms with Gasteiger partial charge in [0.1, 0.15) is 5.82 Å². The van der Waals surface area contributed by atoms with E-state index in [4.69, 9.17) is 0 Å². The van der Waals surface area contributed by atoms with Crippen LogP contribution in [0.1, 0.15) is 31.7 Å². The molecule has 1 aliphatic heterocycles. The van der Waals surface area contributed by atoms with Crippen LogP contribution in [-0.2, 0) is 10.0 Å². The van der Waals surface area contributed by atoms with E-state index in [0.29, 0.717) is 18.7 Å². The van der Waals surface area contributed by atoms with Crippen LogP contribution in [0.2, 0.25) is 0 Å². The zero-order valence-corrected chi connectivity index (χ0v) is 13.4. The molecule has 1 heterocycles. The molecule has 1 atom stereocenters. The summed E-state index contributed by atoms with van der Waals surface area (Å²) >= 11 is 0. The van der Waals surface area contributed by atoms with Crippen molar-refractivity contribution in [1.82, 2.24) is 9.62 Å². The van der Waals surface area contributed by atoms with Gasteiger partial charge in [-0.2, -0.15) is 4.31 Å². The van der Waals surface area contributed by atoms with E-state index in [-0.39, 0.29) is 10.9 Å². The van der Waals surface area contributed by atoms with Crippen molar-refractivity contribution in [2.75, 3.05) is 19.6 Å². The Hall–Kier alpha value is -0.980. The zero-order chi connectivity index (χ0) is 15.5. The number of hydrogen-bond acceptors (Lipinski definition) is 3. The molecule has 21 heavy (non-hydrogen) atoms. The molecular weight excluding hydrogens is 291 g/mol. The Bertz CT molecular complexity index is 583. The maximum atomic E-state index is 13.6. The molecule has 1 fully saturated rings. The third-order valence-electron chi connectivity index (χ3n) is 3.97. The lowest BCUT2D eigenvalue weighted by Crippen LogP contribution is -2.45. The van der Waals surface area contributed by atoms with Gasteiger partial charge in [-0.1, -0.05) is 19.4 Å². The molecule has 0 aliphatic carbocycles. The summed E-state index contributed by atoms with van der Waals surface area (Å²) in [7, 11) is -3.64. The Morgan fingerprint density at radius 3 is 2.71 bits per heavy atom. The summed E-state index contributed by atoms with van der Waals surface area (Å²) in [5.41, 5.74) is 0.450. The minimum Gasteiger partial charge on any atom is -0.313 e. The highest BCUT2D eigenvalue weighted by Gasteiger charge is 2.27. The first-order valence-electron chi connectivity index (χ1n) is 7.45. The van der Waals surface area contributed by atoms with Gasteiger partial charge in [-0.3, -0.25) is 0 Å². The van der Waals surface area contributed by atoms with Gasteiger partial charge in [0.25, 0.3) is 0 Å². The molecule has 0 saturated carbocycles. The van der Waals surface area contributed by atoms with Crippen LogP contribution in [-0.4, -0.2) is 38.4 Å². The number of hydrogen-bond donors (Lipinski definition) is 1. The second kappa shape index (κ2) is 6.85. The minimum absolute atomic E-state index is 0.0308. The lowest BCUT2D eigenvalue weighted by Gasteiger charge is -2.29. The number of piperidine rings is 1. The fourth-order valence-electron chi connectivity index (χ4n) is 2.61. The Morgan fingerprint density at radius 1 is 1.38 bits per heavy atom. The molecule has 1 aromatic carbocycles. The lowest BCUT2D eigenvalue weighted by atomic mass is 10.1. The number of sulfonamides is 1. The van der Waals surface area contributed by atoms with Gasteiger partial charge in [0.15, 0.2) is 0 Å². The van der Waals surface area contributed by atoms with Crippen LogP contribution < -0.4 is 5.32 Å². The Kier molecular flexibility index (Phi) is 5.35. The van der Waals surface area contributed by atoms with Gasteiger partial charge in [0.2, 0.25) is 10.0 Å². The molecule has 6 heteroatoms. The van der Waals surface area contributed by atoms with E-state index in [1.54, 1.807) is 6.92 Å². The summed E-state index contributed by atoms with van der Waals surface area (Å²) in [6.45, 7) is 5.19. The molecule has 1 aliphatic rings. The molecule has 0 spiro atoms. The van der Waals surface area contributed by atoms with Crippen molar-refractivity contribution in [3.8, 4) is 0 Å². The molecule has 0 radical (unpaired) electrons. The van der Waals surface area contributed by atoms with E-state index in [1.807, 2.05) is 6.92 Å². The van der Waals surface area contributed by atoms with Crippen LogP contribution in [0, 0.1) is 12.7 Å². The van der Waals surface area contributed by atoms with E-state index in [0.717, 1.165) is 31.9 Å². The number of aryl methyl sites for hydroxylation is 1. The SMILES string of the molecule is CCN(CC1CCCCN1)S(=O)(=O)c1ccc(C)c(F)c1. The Labute approximate surface area is 126 Å². The smallest absolute Gasteiger partial charge is 0.243 e. The summed E-state index contributed by atoms with van der Waals surface area (Å²) in [5.74, 6) is -0.483. The first kappa shape index (κ1) is 16.4. The Morgan fingerprint density at radius 2 is 2.14 bits per heavy atom. The second-order valence-corrected chi connectivity index (χ2v) is 7.45. The first-order valence-corrected chi connectivity index (χ1v) is 8.89. The number of rotatable bonds is 5. The molecule has 2 rings (SSSR count). The first-order chi connectivity index (χ1) is 9.95. The van der Waals surface area contributed by atoms with Gasteiger partial charge >= 0.3 is 0 Å². The van der Waals surface area contributed by atoms with Crippen LogP contribution >= 0.6 is 0 Å². The molecule has 0 amide bonds. The zero-order valence-electron chi connectivity index (χ0n) is 12.6. The molecule has 1 saturated heterocycles. The van der Waals surface area contributed by atoms with E-state index in [9.17, 15) is 12.8 Å². The van der Waals surface area contributed by atoms with Gasteiger partial charge in [-0.15, -0.1) is 0 Å². The van der Waals surface area contributed by atoms with Gasteiger partial charge in [-0.25, -0.2) is 12.8 Å². The van der Waals surface area contributed by atoms with E-state index < -0.39 is 15.8 Å². The Balaban J connectivity index is 2.19. The summed E-state index contributed by atoms with van der Waals surface area (Å²) in [6, 6.07) is 4.28. The minimum atomic E-state index is -3.64. The maximum Gasteiger partial charge on any atom is 0.243 e. The van der Waals surface area contributed by atoms with Crippen molar-refractivity contribution in [3.05, 3.63) is 29.6 Å². The van der Waals surface area contributed by atoms with E-state index in [1.165, 1.54) is 16.4 Å². The number of benzene rings is 1. The third kappa shape index (κ3) is 3.81. The standard InChI is InChI=1S/C15H23FN2O2S/c1-3-18(11-13-6-4-5-9-17-13)21(19,20)14-8-7-12(2)15(16)10-14/h7-8,10,13,17H,3-6,9,11H2,1-2H3. The largest absolute Gasteiger partial charge is 0.313 e. The third-order valence-corrected chi connectivity index (χ3v) is 5.91. The highest BCUT2D eigenvalue weighted by atomic mass is 32.2. The van der Waals surface area contributed by atoms with Crippen molar-refractivity contribution in [2.24, 2.45) is 0 Å². The molecule has 1 N–H and O–H groups in total. The number of likely N-dealkylation sites (N-methyl/N-ethyl adjacent to an activating group) is 1.